The molecule has 2 aromatic rings. The van der Waals surface area contributed by atoms with Gasteiger partial charge in [-0.25, -0.2) is 4.79 Å². The molecule has 0 fully saturated rings. The first-order valence-corrected chi connectivity index (χ1v) is 9.19. The predicted molar refractivity (Wildman–Crippen MR) is 106 cm³/mol. The second-order valence-corrected chi connectivity index (χ2v) is 7.50. The van der Waals surface area contributed by atoms with E-state index < -0.39 is 11.4 Å². The highest BCUT2D eigenvalue weighted by atomic mass is 35.5. The van der Waals surface area contributed by atoms with Gasteiger partial charge in [0.25, 0.3) is 5.91 Å². The first kappa shape index (κ1) is 19.1. The molecule has 27 heavy (non-hydrogen) atoms. The number of halogens is 1. The van der Waals surface area contributed by atoms with Crippen LogP contribution in [0.4, 0.5) is 5.69 Å². The van der Waals surface area contributed by atoms with Crippen LogP contribution in [0.3, 0.4) is 0 Å². The molecule has 0 saturated carbocycles. The van der Waals surface area contributed by atoms with Crippen LogP contribution in [0.5, 0.6) is 0 Å². The molecule has 1 amide bonds. The number of carbonyl (C=O) groups is 2. The van der Waals surface area contributed by atoms with Crippen LogP contribution in [0.2, 0.25) is 0 Å². The molecule has 0 atom stereocenters. The third-order valence-electron chi connectivity index (χ3n) is 4.47. The van der Waals surface area contributed by atoms with Gasteiger partial charge in [-0.1, -0.05) is 53.2 Å². The molecule has 0 spiro atoms. The molecule has 3 rings (SSSR count). The number of rotatable bonds is 5. The molecular weight excluding hydrogens is 364 g/mol. The van der Waals surface area contributed by atoms with Crippen molar-refractivity contribution in [1.82, 2.24) is 0 Å². The van der Waals surface area contributed by atoms with Gasteiger partial charge in [-0.3, -0.25) is 4.79 Å². The minimum absolute atomic E-state index is 0.0980. The number of carbonyl (C=O) groups excluding carboxylic acids is 2. The van der Waals surface area contributed by atoms with E-state index in [9.17, 15) is 9.59 Å². The van der Waals surface area contributed by atoms with E-state index in [1.54, 1.807) is 24.8 Å². The third kappa shape index (κ3) is 3.88. The molecular formula is C21H21ClN2O3. The summed E-state index contributed by atoms with van der Waals surface area (Å²) in [7, 11) is 0. The summed E-state index contributed by atoms with van der Waals surface area (Å²) in [6, 6.07) is 15.3. The number of anilines is 1. The van der Waals surface area contributed by atoms with E-state index in [1.165, 1.54) is 0 Å². The van der Waals surface area contributed by atoms with Crippen molar-refractivity contribution < 1.29 is 14.4 Å². The van der Waals surface area contributed by atoms with Crippen molar-refractivity contribution in [2.45, 2.75) is 27.3 Å². The van der Waals surface area contributed by atoms with E-state index in [1.807, 2.05) is 49.4 Å². The number of alkyl halides is 1. The van der Waals surface area contributed by atoms with Crippen LogP contribution in [0.25, 0.3) is 0 Å². The molecule has 1 aliphatic rings. The van der Waals surface area contributed by atoms with Gasteiger partial charge in [0.1, 0.15) is 0 Å². The van der Waals surface area contributed by atoms with Gasteiger partial charge >= 0.3 is 5.97 Å². The first-order valence-electron chi connectivity index (χ1n) is 8.66. The number of hydrogen-bond donors (Lipinski definition) is 0. The van der Waals surface area contributed by atoms with Gasteiger partial charge in [0, 0.05) is 11.4 Å². The number of hydrogen-bond acceptors (Lipinski definition) is 4. The molecule has 0 radical (unpaired) electrons. The number of oxime groups is 1. The number of amides is 1. The van der Waals surface area contributed by atoms with E-state index >= 15 is 0 Å². The SMILES string of the molecule is Cc1ccc(CN2C(=O)/C(=N\OC(=O)C(C)(C)CCl)c3ccccc32)cc1. The molecule has 0 aliphatic carbocycles. The summed E-state index contributed by atoms with van der Waals surface area (Å²) in [5.74, 6) is -0.777. The normalized spacial score (nSPS) is 15.2. The van der Waals surface area contributed by atoms with Crippen LogP contribution in [-0.4, -0.2) is 23.5 Å². The maximum atomic E-state index is 12.9. The first-order chi connectivity index (χ1) is 12.8. The van der Waals surface area contributed by atoms with E-state index in [2.05, 4.69) is 5.16 Å². The van der Waals surface area contributed by atoms with Crippen molar-refractivity contribution in [3.05, 3.63) is 65.2 Å². The highest BCUT2D eigenvalue weighted by Crippen LogP contribution is 2.31. The Hall–Kier alpha value is -2.66. The molecule has 0 saturated heterocycles. The zero-order chi connectivity index (χ0) is 19.6. The monoisotopic (exact) mass is 384 g/mol. The Morgan fingerprint density at radius 1 is 1.15 bits per heavy atom. The third-order valence-corrected chi connectivity index (χ3v) is 5.13. The van der Waals surface area contributed by atoms with Crippen LogP contribution in [0, 0.1) is 12.3 Å². The fourth-order valence-corrected chi connectivity index (χ4v) is 2.76. The minimum atomic E-state index is -0.881. The van der Waals surface area contributed by atoms with Crippen molar-refractivity contribution in [3.63, 3.8) is 0 Å². The topological polar surface area (TPSA) is 59.0 Å². The standard InChI is InChI=1S/C21H21ClN2O3/c1-14-8-10-15(11-9-14)12-24-17-7-5-4-6-16(17)18(19(24)25)23-27-20(26)21(2,3)13-22/h4-11H,12-13H2,1-3H3/b23-18-. The molecule has 1 heterocycles. The van der Waals surface area contributed by atoms with Gasteiger partial charge in [-0.05, 0) is 32.4 Å². The summed E-state index contributed by atoms with van der Waals surface area (Å²) in [5, 5.41) is 3.88. The number of nitrogens with zero attached hydrogens (tertiary/aromatic N) is 2. The van der Waals surface area contributed by atoms with Crippen molar-refractivity contribution in [2.75, 3.05) is 10.8 Å². The maximum Gasteiger partial charge on any atom is 0.341 e. The molecule has 2 aromatic carbocycles. The Labute approximate surface area is 163 Å². The average Bonchev–Trinajstić information content (AvgIpc) is 2.93. The predicted octanol–water partition coefficient (Wildman–Crippen LogP) is 4.05. The van der Waals surface area contributed by atoms with Gasteiger partial charge < -0.3 is 9.74 Å². The molecule has 6 heteroatoms. The maximum absolute atomic E-state index is 12.9. The highest BCUT2D eigenvalue weighted by molar-refractivity contribution is 6.54. The lowest BCUT2D eigenvalue weighted by Gasteiger charge is -2.17. The summed E-state index contributed by atoms with van der Waals surface area (Å²) in [6.45, 7) is 5.76. The van der Waals surface area contributed by atoms with Crippen LogP contribution < -0.4 is 4.90 Å². The second kappa shape index (κ2) is 7.53. The molecule has 0 bridgehead atoms. The molecule has 1 aliphatic heterocycles. The summed E-state index contributed by atoms with van der Waals surface area (Å²) in [5.41, 5.74) is 2.79. The Kier molecular flexibility index (Phi) is 5.33. The summed E-state index contributed by atoms with van der Waals surface area (Å²) >= 11 is 5.79. The van der Waals surface area contributed by atoms with Crippen LogP contribution in [0.1, 0.15) is 30.5 Å². The zero-order valence-corrected chi connectivity index (χ0v) is 16.3. The van der Waals surface area contributed by atoms with Gasteiger partial charge in [0.2, 0.25) is 0 Å². The fourth-order valence-electron chi connectivity index (χ4n) is 2.65. The largest absolute Gasteiger partial charge is 0.341 e. The lowest BCUT2D eigenvalue weighted by molar-refractivity contribution is -0.152. The van der Waals surface area contributed by atoms with Crippen LogP contribution in [-0.2, 0) is 21.0 Å². The number of fused-ring (bicyclic) bond motifs is 1. The molecule has 0 N–H and O–H groups in total. The smallest absolute Gasteiger partial charge is 0.317 e. The van der Waals surface area contributed by atoms with E-state index in [0.29, 0.717) is 12.1 Å². The van der Waals surface area contributed by atoms with Crippen molar-refractivity contribution in [1.29, 1.82) is 0 Å². The van der Waals surface area contributed by atoms with Crippen molar-refractivity contribution in [3.8, 4) is 0 Å². The lowest BCUT2D eigenvalue weighted by atomic mass is 9.97. The van der Waals surface area contributed by atoms with E-state index in [0.717, 1.165) is 16.8 Å². The lowest BCUT2D eigenvalue weighted by Crippen LogP contribution is -2.31. The number of para-hydroxylation sites is 1. The van der Waals surface area contributed by atoms with Crippen LogP contribution in [0.15, 0.2) is 53.7 Å². The van der Waals surface area contributed by atoms with Gasteiger partial charge in [-0.15, -0.1) is 11.6 Å². The summed E-state index contributed by atoms with van der Waals surface area (Å²) < 4.78 is 0. The van der Waals surface area contributed by atoms with Crippen molar-refractivity contribution >= 4 is 34.9 Å². The Morgan fingerprint density at radius 2 is 1.81 bits per heavy atom. The van der Waals surface area contributed by atoms with Crippen molar-refractivity contribution in [2.24, 2.45) is 10.6 Å². The fraction of sp³-hybridized carbons (Fsp3) is 0.286. The quantitative estimate of drug-likeness (QED) is 0.444. The summed E-state index contributed by atoms with van der Waals surface area (Å²) in [4.78, 5) is 31.8. The minimum Gasteiger partial charge on any atom is -0.317 e. The molecule has 5 nitrogen and oxygen atoms in total. The second-order valence-electron chi connectivity index (χ2n) is 7.23. The molecule has 140 valence electrons. The average molecular weight is 385 g/mol. The van der Waals surface area contributed by atoms with Gasteiger partial charge in [0.05, 0.1) is 17.6 Å². The van der Waals surface area contributed by atoms with Gasteiger partial charge in [0.15, 0.2) is 5.71 Å². The van der Waals surface area contributed by atoms with E-state index in [4.69, 9.17) is 16.4 Å². The molecule has 0 unspecified atom stereocenters. The number of aryl methyl sites for hydroxylation is 1. The summed E-state index contributed by atoms with van der Waals surface area (Å²) in [6.07, 6.45) is 0. The number of benzene rings is 2. The zero-order valence-electron chi connectivity index (χ0n) is 15.5. The highest BCUT2D eigenvalue weighted by Gasteiger charge is 2.35. The molecule has 0 aromatic heterocycles. The van der Waals surface area contributed by atoms with E-state index in [-0.39, 0.29) is 17.5 Å². The Morgan fingerprint density at radius 3 is 2.48 bits per heavy atom. The van der Waals surface area contributed by atoms with Gasteiger partial charge in [-0.2, -0.15) is 0 Å². The Bertz CT molecular complexity index is 904. The van der Waals surface area contributed by atoms with Crippen LogP contribution >= 0.6 is 11.6 Å². The Balaban J connectivity index is 1.89.